The van der Waals surface area contributed by atoms with Crippen molar-refractivity contribution >= 4 is 0 Å². The Balaban J connectivity index is 2.02. The Hall–Kier alpha value is -2.74. The lowest BCUT2D eigenvalue weighted by molar-refractivity contribution is 0.0252. The van der Waals surface area contributed by atoms with Crippen LogP contribution < -0.4 is 4.74 Å². The summed E-state index contributed by atoms with van der Waals surface area (Å²) >= 11 is 0. The van der Waals surface area contributed by atoms with Gasteiger partial charge in [-0.25, -0.2) is 9.07 Å². The van der Waals surface area contributed by atoms with Gasteiger partial charge in [0.05, 0.1) is 29.7 Å². The van der Waals surface area contributed by atoms with E-state index in [9.17, 15) is 9.50 Å². The molecule has 1 aromatic heterocycles. The lowest BCUT2D eigenvalue weighted by atomic mass is 10.1. The van der Waals surface area contributed by atoms with E-state index in [0.29, 0.717) is 24.7 Å². The van der Waals surface area contributed by atoms with Gasteiger partial charge in [0, 0.05) is 32.3 Å². The fraction of sp³-hybridized carbons (Fsp3) is 0.400. The van der Waals surface area contributed by atoms with Gasteiger partial charge in [0.1, 0.15) is 11.6 Å². The highest BCUT2D eigenvalue weighted by Crippen LogP contribution is 2.32. The van der Waals surface area contributed by atoms with Crippen molar-refractivity contribution in [3.05, 3.63) is 71.7 Å². The van der Waals surface area contributed by atoms with Crippen molar-refractivity contribution in [1.82, 2.24) is 14.7 Å². The number of aliphatic hydroxyl groups is 1. The van der Waals surface area contributed by atoms with Crippen LogP contribution in [0.15, 0.2) is 54.6 Å². The van der Waals surface area contributed by atoms with E-state index < -0.39 is 6.10 Å². The molecule has 3 rings (SSSR count). The predicted molar refractivity (Wildman–Crippen MR) is 123 cm³/mol. The van der Waals surface area contributed by atoms with E-state index in [4.69, 9.17) is 14.6 Å². The van der Waals surface area contributed by atoms with Crippen LogP contribution in [-0.2, 0) is 11.3 Å². The van der Waals surface area contributed by atoms with Gasteiger partial charge in [-0.05, 0) is 44.5 Å². The van der Waals surface area contributed by atoms with Gasteiger partial charge in [-0.1, -0.05) is 31.2 Å². The molecule has 0 amide bonds. The van der Waals surface area contributed by atoms with Crippen molar-refractivity contribution < 1.29 is 19.0 Å². The molecule has 0 fully saturated rings. The minimum atomic E-state index is -0.605. The minimum Gasteiger partial charge on any atom is -0.438 e. The van der Waals surface area contributed by atoms with Crippen LogP contribution in [0.2, 0.25) is 0 Å². The number of aliphatic hydroxyl groups excluding tert-OH is 1. The van der Waals surface area contributed by atoms with Gasteiger partial charge in [0.2, 0.25) is 5.88 Å². The third kappa shape index (κ3) is 5.94. The second kappa shape index (κ2) is 11.2. The molecule has 32 heavy (non-hydrogen) atoms. The van der Waals surface area contributed by atoms with Gasteiger partial charge >= 0.3 is 0 Å². The average Bonchev–Trinajstić information content (AvgIpc) is 3.08. The summed E-state index contributed by atoms with van der Waals surface area (Å²) in [6, 6.07) is 16.0. The first-order valence-electron chi connectivity index (χ1n) is 10.9. The lowest BCUT2D eigenvalue weighted by Crippen LogP contribution is -2.40. The zero-order chi connectivity index (χ0) is 23.1. The molecule has 2 atom stereocenters. The molecule has 3 aromatic rings. The highest BCUT2D eigenvalue weighted by molar-refractivity contribution is 5.43. The van der Waals surface area contributed by atoms with E-state index in [0.717, 1.165) is 23.4 Å². The standard InChI is InChI=1S/C25H32FN3O3/c1-5-18(2)28(15-22(30)17-31-4)16-24-19(3)27-29(21-11-7-6-8-12-21)25(24)32-23-13-9-10-20(26)14-23/h6-14,18,22,30H,5,15-17H2,1-4H3/t18-,22+/m1/s1. The van der Waals surface area contributed by atoms with Crippen molar-refractivity contribution in [3.8, 4) is 17.3 Å². The Labute approximate surface area is 189 Å². The second-order valence-electron chi connectivity index (χ2n) is 7.97. The first-order chi connectivity index (χ1) is 15.4. The quantitative estimate of drug-likeness (QED) is 0.467. The van der Waals surface area contributed by atoms with E-state index in [2.05, 4.69) is 18.7 Å². The molecule has 0 aliphatic rings. The molecule has 0 saturated heterocycles. The monoisotopic (exact) mass is 441 g/mol. The number of aryl methyl sites for hydroxylation is 1. The molecule has 1 N–H and O–H groups in total. The minimum absolute atomic E-state index is 0.225. The summed E-state index contributed by atoms with van der Waals surface area (Å²) in [5.41, 5.74) is 2.56. The molecule has 0 aliphatic carbocycles. The summed E-state index contributed by atoms with van der Waals surface area (Å²) in [4.78, 5) is 2.20. The van der Waals surface area contributed by atoms with E-state index >= 15 is 0 Å². The van der Waals surface area contributed by atoms with Crippen molar-refractivity contribution in [1.29, 1.82) is 0 Å². The molecule has 0 unspecified atom stereocenters. The zero-order valence-electron chi connectivity index (χ0n) is 19.2. The van der Waals surface area contributed by atoms with Gasteiger partial charge in [-0.15, -0.1) is 0 Å². The van der Waals surface area contributed by atoms with Gasteiger partial charge in [0.25, 0.3) is 0 Å². The predicted octanol–water partition coefficient (Wildman–Crippen LogP) is 4.72. The van der Waals surface area contributed by atoms with Crippen LogP contribution in [0.3, 0.4) is 0 Å². The molecule has 0 radical (unpaired) electrons. The first-order valence-corrected chi connectivity index (χ1v) is 10.9. The van der Waals surface area contributed by atoms with Crippen LogP contribution >= 0.6 is 0 Å². The number of hydrogen-bond donors (Lipinski definition) is 1. The average molecular weight is 442 g/mol. The number of benzene rings is 2. The number of ether oxygens (including phenoxy) is 2. The normalized spacial score (nSPS) is 13.3. The van der Waals surface area contributed by atoms with Crippen LogP contribution in [0.5, 0.6) is 11.6 Å². The van der Waals surface area contributed by atoms with Crippen LogP contribution in [0, 0.1) is 12.7 Å². The van der Waals surface area contributed by atoms with Gasteiger partial charge in [0.15, 0.2) is 0 Å². The molecular weight excluding hydrogens is 409 g/mol. The number of rotatable bonds is 11. The number of aromatic nitrogens is 2. The maximum absolute atomic E-state index is 13.8. The first kappa shape index (κ1) is 23.9. The van der Waals surface area contributed by atoms with Crippen LogP contribution in [0.4, 0.5) is 4.39 Å². The molecule has 6 nitrogen and oxygen atoms in total. The number of hydrogen-bond acceptors (Lipinski definition) is 5. The van der Waals surface area contributed by atoms with Crippen LogP contribution in [0.25, 0.3) is 5.69 Å². The maximum atomic E-state index is 13.8. The van der Waals surface area contributed by atoms with Gasteiger partial charge in [-0.2, -0.15) is 5.10 Å². The zero-order valence-corrected chi connectivity index (χ0v) is 19.2. The SMILES string of the molecule is CC[C@@H](C)N(Cc1c(C)nn(-c2ccccc2)c1Oc1cccc(F)c1)C[C@H](O)COC. The van der Waals surface area contributed by atoms with Gasteiger partial charge < -0.3 is 14.6 Å². The van der Waals surface area contributed by atoms with Crippen LogP contribution in [0.1, 0.15) is 31.5 Å². The van der Waals surface area contributed by atoms with Crippen molar-refractivity contribution in [3.63, 3.8) is 0 Å². The highest BCUT2D eigenvalue weighted by Gasteiger charge is 2.24. The molecule has 0 aliphatic heterocycles. The third-order valence-corrected chi connectivity index (χ3v) is 5.53. The smallest absolute Gasteiger partial charge is 0.227 e. The molecule has 172 valence electrons. The number of para-hydroxylation sites is 1. The van der Waals surface area contributed by atoms with E-state index in [-0.39, 0.29) is 18.5 Å². The highest BCUT2D eigenvalue weighted by atomic mass is 19.1. The maximum Gasteiger partial charge on any atom is 0.227 e. The van der Waals surface area contributed by atoms with Crippen molar-refractivity contribution in [2.45, 2.75) is 45.9 Å². The molecular formula is C25H32FN3O3. The van der Waals surface area contributed by atoms with E-state index in [1.165, 1.54) is 12.1 Å². The Morgan fingerprint density at radius 3 is 2.56 bits per heavy atom. The molecule has 0 saturated carbocycles. The molecule has 0 spiro atoms. The number of nitrogens with zero attached hydrogens (tertiary/aromatic N) is 3. The van der Waals surface area contributed by atoms with Crippen LogP contribution in [-0.4, -0.2) is 52.2 Å². The summed E-state index contributed by atoms with van der Waals surface area (Å²) < 4.78 is 26.9. The fourth-order valence-electron chi connectivity index (χ4n) is 3.59. The Bertz CT molecular complexity index is 993. The number of halogens is 1. The van der Waals surface area contributed by atoms with Gasteiger partial charge in [-0.3, -0.25) is 4.90 Å². The molecule has 1 heterocycles. The van der Waals surface area contributed by atoms with E-state index in [1.54, 1.807) is 23.9 Å². The fourth-order valence-corrected chi connectivity index (χ4v) is 3.59. The topological polar surface area (TPSA) is 59.8 Å². The lowest BCUT2D eigenvalue weighted by Gasteiger charge is -2.30. The number of methoxy groups -OCH3 is 1. The molecule has 7 heteroatoms. The summed E-state index contributed by atoms with van der Waals surface area (Å²) in [7, 11) is 1.58. The third-order valence-electron chi connectivity index (χ3n) is 5.53. The molecule has 2 aromatic carbocycles. The Morgan fingerprint density at radius 1 is 1.16 bits per heavy atom. The Morgan fingerprint density at radius 2 is 1.91 bits per heavy atom. The second-order valence-corrected chi connectivity index (χ2v) is 7.97. The van der Waals surface area contributed by atoms with E-state index in [1.807, 2.05) is 37.3 Å². The summed E-state index contributed by atoms with van der Waals surface area (Å²) in [5, 5.41) is 15.1. The summed E-state index contributed by atoms with van der Waals surface area (Å²) in [5.74, 6) is 0.571. The van der Waals surface area contributed by atoms with Crippen molar-refractivity contribution in [2.24, 2.45) is 0 Å². The molecule has 0 bridgehead atoms. The Kier molecular flexibility index (Phi) is 8.39. The van der Waals surface area contributed by atoms with Crippen molar-refractivity contribution in [2.75, 3.05) is 20.3 Å². The summed E-state index contributed by atoms with van der Waals surface area (Å²) in [6.45, 7) is 7.43. The summed E-state index contributed by atoms with van der Waals surface area (Å²) in [6.07, 6.45) is 0.317. The largest absolute Gasteiger partial charge is 0.438 e.